The molecule has 4 rings (SSSR count). The van der Waals surface area contributed by atoms with Crippen LogP contribution in [0.1, 0.15) is 10.4 Å². The van der Waals surface area contributed by atoms with E-state index in [1.807, 2.05) is 31.1 Å². The van der Waals surface area contributed by atoms with Crippen molar-refractivity contribution in [3.8, 4) is 17.5 Å². The van der Waals surface area contributed by atoms with Crippen molar-refractivity contribution in [1.29, 1.82) is 0 Å². The molecule has 2 heterocycles. The number of ether oxygens (including phenoxy) is 2. The average Bonchev–Trinajstić information content (AvgIpc) is 2.94. The molecule has 2 aromatic carbocycles. The summed E-state index contributed by atoms with van der Waals surface area (Å²) in [6.07, 6.45) is 6.17. The minimum atomic E-state index is -0.285. The highest BCUT2D eigenvalue weighted by Crippen LogP contribution is 2.24. The zero-order chi connectivity index (χ0) is 28.3. The lowest BCUT2D eigenvalue weighted by Gasteiger charge is -2.11. The van der Waals surface area contributed by atoms with Crippen LogP contribution in [-0.2, 0) is 4.79 Å². The van der Waals surface area contributed by atoms with Gasteiger partial charge in [0.05, 0.1) is 13.3 Å². The van der Waals surface area contributed by atoms with Gasteiger partial charge < -0.3 is 30.3 Å². The number of pyridine rings is 1. The molecule has 40 heavy (non-hydrogen) atoms. The summed E-state index contributed by atoms with van der Waals surface area (Å²) in [7, 11) is 5.39. The number of benzene rings is 2. The molecule has 0 unspecified atom stereocenters. The predicted molar refractivity (Wildman–Crippen MR) is 153 cm³/mol. The molecule has 204 valence electrons. The zero-order valence-electron chi connectivity index (χ0n) is 22.3. The van der Waals surface area contributed by atoms with E-state index in [0.717, 1.165) is 0 Å². The number of hydrogen-bond acceptors (Lipinski definition) is 9. The lowest BCUT2D eigenvalue weighted by molar-refractivity contribution is -0.111. The van der Waals surface area contributed by atoms with Gasteiger partial charge >= 0.3 is 0 Å². The van der Waals surface area contributed by atoms with Gasteiger partial charge in [0.2, 0.25) is 17.7 Å². The predicted octanol–water partition coefficient (Wildman–Crippen LogP) is 4.72. The van der Waals surface area contributed by atoms with Gasteiger partial charge in [0.25, 0.3) is 5.91 Å². The Morgan fingerprint density at radius 3 is 2.40 bits per heavy atom. The Balaban J connectivity index is 1.34. The van der Waals surface area contributed by atoms with Gasteiger partial charge in [-0.2, -0.15) is 0 Å². The molecule has 0 atom stereocenters. The van der Waals surface area contributed by atoms with Crippen LogP contribution < -0.4 is 25.4 Å². The molecule has 3 N–H and O–H groups in total. The third-order valence-electron chi connectivity index (χ3n) is 5.33. The number of likely N-dealkylation sites (N-methyl/N-ethyl adjacent to an activating group) is 1. The highest BCUT2D eigenvalue weighted by atomic mass is 16.5. The maximum absolute atomic E-state index is 12.8. The molecule has 0 radical (unpaired) electrons. The van der Waals surface area contributed by atoms with Gasteiger partial charge in [-0.25, -0.2) is 15.0 Å². The van der Waals surface area contributed by atoms with Gasteiger partial charge in [0.15, 0.2) is 0 Å². The standard InChI is InChI=1S/C29H29N7O4/c1-36(2)15-5-8-26(37)34-21-11-9-20(10-12-21)29(38)35-23-7-4-6-22(16-23)33-25-17-28(32-19-31-25)40-24-13-14-27(39-3)30-18-24/h4-14,16-19H,15H2,1-3H3,(H,34,37)(H,35,38)(H,31,32,33). The van der Waals surface area contributed by atoms with Crippen molar-refractivity contribution in [2.45, 2.75) is 0 Å². The molecule has 0 spiro atoms. The van der Waals surface area contributed by atoms with Crippen LogP contribution in [0.4, 0.5) is 22.9 Å². The highest BCUT2D eigenvalue weighted by Gasteiger charge is 2.09. The quantitative estimate of drug-likeness (QED) is 0.232. The molecule has 0 fully saturated rings. The maximum atomic E-state index is 12.8. The van der Waals surface area contributed by atoms with E-state index >= 15 is 0 Å². The Morgan fingerprint density at radius 1 is 0.875 bits per heavy atom. The number of anilines is 4. The van der Waals surface area contributed by atoms with Crippen LogP contribution in [0.25, 0.3) is 0 Å². The lowest BCUT2D eigenvalue weighted by atomic mass is 10.2. The Kier molecular flexibility index (Phi) is 9.35. The van der Waals surface area contributed by atoms with E-state index < -0.39 is 0 Å². The van der Waals surface area contributed by atoms with Crippen molar-refractivity contribution >= 4 is 34.7 Å². The third kappa shape index (κ3) is 8.36. The molecule has 0 bridgehead atoms. The number of carbonyl (C=O) groups is 2. The number of rotatable bonds is 11. The van der Waals surface area contributed by atoms with Gasteiger partial charge in [-0.05, 0) is 62.6 Å². The summed E-state index contributed by atoms with van der Waals surface area (Å²) >= 11 is 0. The minimum absolute atomic E-state index is 0.233. The number of amides is 2. The summed E-state index contributed by atoms with van der Waals surface area (Å²) in [5, 5.41) is 8.83. The molecular formula is C29H29N7O4. The Labute approximate surface area is 231 Å². The Hall–Kier alpha value is -5.29. The van der Waals surface area contributed by atoms with Gasteiger partial charge in [-0.1, -0.05) is 12.1 Å². The molecular weight excluding hydrogens is 510 g/mol. The molecule has 11 nitrogen and oxygen atoms in total. The maximum Gasteiger partial charge on any atom is 0.255 e. The number of methoxy groups -OCH3 is 1. The first-order valence-electron chi connectivity index (χ1n) is 12.3. The normalized spacial score (nSPS) is 10.8. The topological polar surface area (TPSA) is 131 Å². The number of hydrogen-bond donors (Lipinski definition) is 3. The minimum Gasteiger partial charge on any atom is -0.481 e. The molecule has 11 heteroatoms. The zero-order valence-corrected chi connectivity index (χ0v) is 22.3. The van der Waals surface area contributed by atoms with Crippen LogP contribution in [0.5, 0.6) is 17.5 Å². The van der Waals surface area contributed by atoms with Crippen molar-refractivity contribution < 1.29 is 19.1 Å². The molecule has 0 aliphatic carbocycles. The van der Waals surface area contributed by atoms with Crippen LogP contribution in [0.3, 0.4) is 0 Å². The van der Waals surface area contributed by atoms with Crippen molar-refractivity contribution in [1.82, 2.24) is 19.9 Å². The van der Waals surface area contributed by atoms with Gasteiger partial charge in [0.1, 0.15) is 17.9 Å². The highest BCUT2D eigenvalue weighted by molar-refractivity contribution is 6.05. The largest absolute Gasteiger partial charge is 0.481 e. The molecule has 0 saturated carbocycles. The van der Waals surface area contributed by atoms with Crippen molar-refractivity contribution in [2.24, 2.45) is 0 Å². The first-order chi connectivity index (χ1) is 19.4. The summed E-state index contributed by atoms with van der Waals surface area (Å²) in [6, 6.07) is 18.9. The van der Waals surface area contributed by atoms with Crippen molar-refractivity contribution in [3.05, 3.63) is 97.0 Å². The van der Waals surface area contributed by atoms with E-state index in [2.05, 4.69) is 30.9 Å². The Bertz CT molecular complexity index is 1470. The first-order valence-corrected chi connectivity index (χ1v) is 12.3. The first kappa shape index (κ1) is 27.7. The molecule has 0 saturated heterocycles. The van der Waals surface area contributed by atoms with Gasteiger partial charge in [0, 0.05) is 47.4 Å². The number of nitrogens with one attached hydrogen (secondary N) is 3. The smallest absolute Gasteiger partial charge is 0.255 e. The lowest BCUT2D eigenvalue weighted by Crippen LogP contribution is -2.13. The number of aromatic nitrogens is 3. The van der Waals surface area contributed by atoms with Crippen molar-refractivity contribution in [2.75, 3.05) is 43.7 Å². The second kappa shape index (κ2) is 13.5. The van der Waals surface area contributed by atoms with Crippen LogP contribution in [0, 0.1) is 0 Å². The fraction of sp³-hybridized carbons (Fsp3) is 0.138. The fourth-order valence-corrected chi connectivity index (χ4v) is 3.42. The van der Waals surface area contributed by atoms with E-state index in [9.17, 15) is 9.59 Å². The van der Waals surface area contributed by atoms with E-state index in [4.69, 9.17) is 9.47 Å². The second-order valence-corrected chi connectivity index (χ2v) is 8.77. The summed E-state index contributed by atoms with van der Waals surface area (Å²) in [6.45, 7) is 0.667. The number of carbonyl (C=O) groups excluding carboxylic acids is 2. The average molecular weight is 540 g/mol. The Morgan fingerprint density at radius 2 is 1.68 bits per heavy atom. The molecule has 0 aliphatic rings. The monoisotopic (exact) mass is 539 g/mol. The van der Waals surface area contributed by atoms with Gasteiger partial charge in [-0.15, -0.1) is 0 Å². The van der Waals surface area contributed by atoms with Crippen LogP contribution in [0.2, 0.25) is 0 Å². The SMILES string of the molecule is COc1ccc(Oc2cc(Nc3cccc(NC(=O)c4ccc(NC(=O)C=CCN(C)C)cc4)c3)ncn2)cn1. The van der Waals surface area contributed by atoms with Gasteiger partial charge in [-0.3, -0.25) is 9.59 Å². The summed E-state index contributed by atoms with van der Waals surface area (Å²) < 4.78 is 10.8. The van der Waals surface area contributed by atoms with E-state index in [0.29, 0.717) is 52.5 Å². The van der Waals surface area contributed by atoms with E-state index in [-0.39, 0.29) is 11.8 Å². The molecule has 2 aromatic heterocycles. The van der Waals surface area contributed by atoms with Crippen molar-refractivity contribution in [3.63, 3.8) is 0 Å². The summed E-state index contributed by atoms with van der Waals surface area (Å²) in [5.74, 6) is 1.30. The third-order valence-corrected chi connectivity index (χ3v) is 5.33. The van der Waals surface area contributed by atoms with E-state index in [1.165, 1.54) is 18.6 Å². The van der Waals surface area contributed by atoms with Crippen LogP contribution in [0.15, 0.2) is 91.4 Å². The fourth-order valence-electron chi connectivity index (χ4n) is 3.42. The summed E-state index contributed by atoms with van der Waals surface area (Å²) in [4.78, 5) is 39.2. The number of nitrogens with zero attached hydrogens (tertiary/aromatic N) is 4. The molecule has 4 aromatic rings. The van der Waals surface area contributed by atoms with Crippen LogP contribution >= 0.6 is 0 Å². The second-order valence-electron chi connectivity index (χ2n) is 8.77. The molecule has 2 amide bonds. The van der Waals surface area contributed by atoms with E-state index in [1.54, 1.807) is 67.8 Å². The molecule has 0 aliphatic heterocycles. The summed E-state index contributed by atoms with van der Waals surface area (Å²) in [5.41, 5.74) is 2.34. The van der Waals surface area contributed by atoms with Crippen LogP contribution in [-0.4, -0.2) is 59.4 Å².